The van der Waals surface area contributed by atoms with Crippen LogP contribution in [0.2, 0.25) is 0 Å². The molecule has 1 amide bonds. The number of aryl methyl sites for hydroxylation is 2. The summed E-state index contributed by atoms with van der Waals surface area (Å²) in [6.07, 6.45) is 0. The maximum absolute atomic E-state index is 12.4. The summed E-state index contributed by atoms with van der Waals surface area (Å²) in [7, 11) is 0. The molecule has 0 saturated carbocycles. The maximum Gasteiger partial charge on any atom is 0.349 e. The third kappa shape index (κ3) is 3.56. The van der Waals surface area contributed by atoms with Crippen molar-refractivity contribution in [2.75, 3.05) is 6.61 Å². The number of rotatable bonds is 5. The van der Waals surface area contributed by atoms with Crippen molar-refractivity contribution in [3.05, 3.63) is 55.8 Å². The molecule has 0 unspecified atom stereocenters. The summed E-state index contributed by atoms with van der Waals surface area (Å²) < 4.78 is 10.8. The Morgan fingerprint density at radius 1 is 1.36 bits per heavy atom. The summed E-state index contributed by atoms with van der Waals surface area (Å²) in [6.45, 7) is 6.44. The minimum atomic E-state index is -0.686. The van der Waals surface area contributed by atoms with Gasteiger partial charge in [0, 0.05) is 10.3 Å². The number of amides is 1. The number of ether oxygens (including phenoxy) is 1. The number of carbonyl (C=O) groups is 1. The van der Waals surface area contributed by atoms with Crippen LogP contribution in [0.15, 0.2) is 33.5 Å². The zero-order valence-corrected chi connectivity index (χ0v) is 15.0. The number of nitrogens with zero attached hydrogens (tertiary/aromatic N) is 1. The van der Waals surface area contributed by atoms with Crippen LogP contribution in [0.5, 0.6) is 5.75 Å². The van der Waals surface area contributed by atoms with Crippen molar-refractivity contribution in [2.24, 2.45) is 0 Å². The molecule has 0 radical (unpaired) electrons. The van der Waals surface area contributed by atoms with E-state index in [2.05, 4.69) is 10.3 Å². The lowest BCUT2D eigenvalue weighted by atomic mass is 10.1. The minimum Gasteiger partial charge on any atom is -0.490 e. The highest BCUT2D eigenvalue weighted by Crippen LogP contribution is 2.25. The van der Waals surface area contributed by atoms with E-state index in [9.17, 15) is 9.59 Å². The molecule has 1 N–H and O–H groups in total. The third-order valence-electron chi connectivity index (χ3n) is 3.68. The number of nitrogens with one attached hydrogen (secondary N) is 1. The van der Waals surface area contributed by atoms with E-state index in [4.69, 9.17) is 9.15 Å². The Morgan fingerprint density at radius 3 is 2.84 bits per heavy atom. The molecule has 0 bridgehead atoms. The largest absolute Gasteiger partial charge is 0.490 e. The van der Waals surface area contributed by atoms with Gasteiger partial charge >= 0.3 is 5.63 Å². The van der Waals surface area contributed by atoms with E-state index >= 15 is 0 Å². The first-order valence-corrected chi connectivity index (χ1v) is 8.72. The van der Waals surface area contributed by atoms with Gasteiger partial charge in [-0.15, -0.1) is 11.3 Å². The highest BCUT2D eigenvalue weighted by atomic mass is 32.1. The van der Waals surface area contributed by atoms with Crippen molar-refractivity contribution < 1.29 is 13.9 Å². The van der Waals surface area contributed by atoms with Crippen LogP contribution in [0, 0.1) is 13.8 Å². The summed E-state index contributed by atoms with van der Waals surface area (Å²) in [5, 5.41) is 4.33. The van der Waals surface area contributed by atoms with E-state index in [0.29, 0.717) is 29.9 Å². The number of benzene rings is 1. The minimum absolute atomic E-state index is 0.0277. The Hall–Kier alpha value is -2.67. The molecule has 6 nitrogen and oxygen atoms in total. The van der Waals surface area contributed by atoms with Gasteiger partial charge in [0.25, 0.3) is 5.91 Å². The van der Waals surface area contributed by atoms with Crippen molar-refractivity contribution in [2.45, 2.75) is 27.3 Å². The summed E-state index contributed by atoms with van der Waals surface area (Å²) in [4.78, 5) is 29.9. The highest BCUT2D eigenvalue weighted by Gasteiger charge is 2.16. The zero-order valence-electron chi connectivity index (χ0n) is 14.2. The smallest absolute Gasteiger partial charge is 0.349 e. The Bertz CT molecular complexity index is 990. The van der Waals surface area contributed by atoms with Gasteiger partial charge in [-0.3, -0.25) is 4.79 Å². The predicted octanol–water partition coefficient (Wildman–Crippen LogP) is 3.20. The van der Waals surface area contributed by atoms with E-state index in [1.54, 1.807) is 18.2 Å². The van der Waals surface area contributed by atoms with E-state index in [-0.39, 0.29) is 5.56 Å². The quantitative estimate of drug-likeness (QED) is 0.708. The zero-order chi connectivity index (χ0) is 18.0. The molecule has 130 valence electrons. The predicted molar refractivity (Wildman–Crippen MR) is 96.4 cm³/mol. The molecule has 0 saturated heterocycles. The molecule has 0 aliphatic heterocycles. The molecule has 0 aliphatic carbocycles. The first-order chi connectivity index (χ1) is 12.0. The van der Waals surface area contributed by atoms with Crippen LogP contribution >= 0.6 is 11.3 Å². The number of hydrogen-bond donors (Lipinski definition) is 1. The molecule has 0 fully saturated rings. The maximum atomic E-state index is 12.4. The highest BCUT2D eigenvalue weighted by molar-refractivity contribution is 7.11. The third-order valence-corrected chi connectivity index (χ3v) is 4.75. The lowest BCUT2D eigenvalue weighted by Crippen LogP contribution is -2.27. The summed E-state index contributed by atoms with van der Waals surface area (Å²) in [6, 6.07) is 6.82. The van der Waals surface area contributed by atoms with Crippen molar-refractivity contribution in [1.82, 2.24) is 10.3 Å². The molecule has 7 heteroatoms. The molecule has 3 aromatic rings. The molecule has 3 rings (SSSR count). The van der Waals surface area contributed by atoms with Crippen LogP contribution in [0.4, 0.5) is 0 Å². The second-order valence-electron chi connectivity index (χ2n) is 5.48. The lowest BCUT2D eigenvalue weighted by Gasteiger charge is -2.07. The number of thiazole rings is 1. The standard InChI is InChI=1S/C18H18N2O4S/c1-4-23-14-7-5-6-12-8-13(18(22)24-16(12)14)17(21)19-9-15-10(2)20-11(3)25-15/h5-8H,4,9H2,1-3H3,(H,19,21). The van der Waals surface area contributed by atoms with Crippen molar-refractivity contribution in [1.29, 1.82) is 0 Å². The van der Waals surface area contributed by atoms with Gasteiger partial charge in [0.15, 0.2) is 11.3 Å². The molecule has 2 heterocycles. The van der Waals surface area contributed by atoms with Crippen LogP contribution in [-0.4, -0.2) is 17.5 Å². The summed E-state index contributed by atoms with van der Waals surface area (Å²) in [5.41, 5.74) is 0.518. The lowest BCUT2D eigenvalue weighted by molar-refractivity contribution is 0.0947. The molecule has 1 aromatic carbocycles. The van der Waals surface area contributed by atoms with Gasteiger partial charge in [-0.05, 0) is 32.9 Å². The molecule has 0 aliphatic rings. The second-order valence-corrected chi connectivity index (χ2v) is 6.77. The molecule has 0 atom stereocenters. The summed E-state index contributed by atoms with van der Waals surface area (Å²) in [5.74, 6) is 0.0164. The fourth-order valence-electron chi connectivity index (χ4n) is 2.54. The SMILES string of the molecule is CCOc1cccc2cc(C(=O)NCc3sc(C)nc3C)c(=O)oc12. The van der Waals surface area contributed by atoms with Gasteiger partial charge in [0.1, 0.15) is 5.56 Å². The topological polar surface area (TPSA) is 81.4 Å². The van der Waals surface area contributed by atoms with Crippen molar-refractivity contribution in [3.63, 3.8) is 0 Å². The monoisotopic (exact) mass is 358 g/mol. The molecular formula is C18H18N2O4S. The van der Waals surface area contributed by atoms with Gasteiger partial charge in [-0.25, -0.2) is 9.78 Å². The van der Waals surface area contributed by atoms with Gasteiger partial charge < -0.3 is 14.5 Å². The molecule has 0 spiro atoms. The first-order valence-electron chi connectivity index (χ1n) is 7.90. The normalized spacial score (nSPS) is 10.8. The van der Waals surface area contributed by atoms with Gasteiger partial charge in [0.2, 0.25) is 0 Å². The fourth-order valence-corrected chi connectivity index (χ4v) is 3.42. The second kappa shape index (κ2) is 7.06. The van der Waals surface area contributed by atoms with E-state index in [1.807, 2.05) is 20.8 Å². The summed E-state index contributed by atoms with van der Waals surface area (Å²) >= 11 is 1.52. The number of carbonyl (C=O) groups excluding carboxylic acids is 1. The van der Waals surface area contributed by atoms with Crippen LogP contribution in [0.1, 0.15) is 32.9 Å². The Kier molecular flexibility index (Phi) is 4.85. The van der Waals surface area contributed by atoms with Crippen LogP contribution in [0.3, 0.4) is 0 Å². The van der Waals surface area contributed by atoms with Gasteiger partial charge in [0.05, 0.1) is 23.9 Å². The van der Waals surface area contributed by atoms with Crippen molar-refractivity contribution in [3.8, 4) is 5.75 Å². The number of para-hydroxylation sites is 1. The van der Waals surface area contributed by atoms with Crippen LogP contribution in [-0.2, 0) is 6.54 Å². The number of fused-ring (bicyclic) bond motifs is 1. The Labute approximate surface area is 148 Å². The molecule has 2 aromatic heterocycles. The average Bonchev–Trinajstić information content (AvgIpc) is 2.90. The Morgan fingerprint density at radius 2 is 2.16 bits per heavy atom. The fraction of sp³-hybridized carbons (Fsp3) is 0.278. The number of hydrogen-bond acceptors (Lipinski definition) is 6. The number of aromatic nitrogens is 1. The van der Waals surface area contributed by atoms with Crippen molar-refractivity contribution >= 4 is 28.2 Å². The first kappa shape index (κ1) is 17.2. The van der Waals surface area contributed by atoms with Gasteiger partial charge in [-0.1, -0.05) is 12.1 Å². The van der Waals surface area contributed by atoms with E-state index in [1.165, 1.54) is 17.4 Å². The van der Waals surface area contributed by atoms with E-state index < -0.39 is 11.5 Å². The van der Waals surface area contributed by atoms with Crippen LogP contribution < -0.4 is 15.7 Å². The Balaban J connectivity index is 1.87. The van der Waals surface area contributed by atoms with E-state index in [0.717, 1.165) is 15.6 Å². The van der Waals surface area contributed by atoms with Gasteiger partial charge in [-0.2, -0.15) is 0 Å². The molecule has 25 heavy (non-hydrogen) atoms. The van der Waals surface area contributed by atoms with Crippen LogP contribution in [0.25, 0.3) is 11.0 Å². The molecular weight excluding hydrogens is 340 g/mol. The average molecular weight is 358 g/mol.